The van der Waals surface area contributed by atoms with Gasteiger partial charge < -0.3 is 9.47 Å². The molecule has 1 aromatic carbocycles. The zero-order chi connectivity index (χ0) is 14.9. The second kappa shape index (κ2) is 5.35. The standard InChI is InChI=1S/C13H8N4O3S2/c18-12(8-4-14-22-17-8)16-13-15-9(5-21-13)7-1-2-10-11(3-7)20-6-19-10/h1-5H,6H2,(H,15,16,18). The highest BCUT2D eigenvalue weighted by molar-refractivity contribution is 7.14. The van der Waals surface area contributed by atoms with Gasteiger partial charge in [-0.25, -0.2) is 4.98 Å². The van der Waals surface area contributed by atoms with Gasteiger partial charge in [0, 0.05) is 10.9 Å². The number of rotatable bonds is 3. The molecule has 0 radical (unpaired) electrons. The number of nitrogens with one attached hydrogen (secondary N) is 1. The molecule has 1 aliphatic rings. The van der Waals surface area contributed by atoms with E-state index in [1.54, 1.807) is 0 Å². The molecule has 0 atom stereocenters. The van der Waals surface area contributed by atoms with Gasteiger partial charge in [0.25, 0.3) is 5.91 Å². The van der Waals surface area contributed by atoms with E-state index in [4.69, 9.17) is 9.47 Å². The highest BCUT2D eigenvalue weighted by Gasteiger charge is 2.16. The summed E-state index contributed by atoms with van der Waals surface area (Å²) in [6.45, 7) is 0.235. The summed E-state index contributed by atoms with van der Waals surface area (Å²) in [5.41, 5.74) is 1.94. The number of fused-ring (bicyclic) bond motifs is 1. The van der Waals surface area contributed by atoms with Crippen LogP contribution in [0.4, 0.5) is 5.13 Å². The van der Waals surface area contributed by atoms with Crippen molar-refractivity contribution in [3.63, 3.8) is 0 Å². The van der Waals surface area contributed by atoms with Gasteiger partial charge in [-0.05, 0) is 18.2 Å². The Morgan fingerprint density at radius 1 is 1.27 bits per heavy atom. The first-order chi connectivity index (χ1) is 10.8. The number of carbonyl (C=O) groups excluding carboxylic acids is 1. The average Bonchev–Trinajstić information content (AvgIpc) is 3.27. The largest absolute Gasteiger partial charge is 0.454 e. The maximum Gasteiger partial charge on any atom is 0.278 e. The Hall–Kier alpha value is -2.52. The van der Waals surface area contributed by atoms with Crippen LogP contribution in [0.3, 0.4) is 0 Å². The lowest BCUT2D eigenvalue weighted by Gasteiger charge is -2.00. The summed E-state index contributed by atoms with van der Waals surface area (Å²) >= 11 is 2.33. The number of nitrogens with zero attached hydrogens (tertiary/aromatic N) is 3. The average molecular weight is 332 g/mol. The molecule has 2 aromatic heterocycles. The number of hydrogen-bond donors (Lipinski definition) is 1. The first-order valence-electron chi connectivity index (χ1n) is 6.24. The van der Waals surface area contributed by atoms with Crippen LogP contribution >= 0.6 is 23.1 Å². The number of hydrogen-bond acceptors (Lipinski definition) is 8. The lowest BCUT2D eigenvalue weighted by molar-refractivity contribution is 0.102. The number of benzene rings is 1. The minimum atomic E-state index is -0.319. The topological polar surface area (TPSA) is 86.2 Å². The molecule has 0 unspecified atom stereocenters. The summed E-state index contributed by atoms with van der Waals surface area (Å²) in [7, 11) is 0. The summed E-state index contributed by atoms with van der Waals surface area (Å²) in [6.07, 6.45) is 1.42. The zero-order valence-corrected chi connectivity index (χ0v) is 12.6. The Morgan fingerprint density at radius 3 is 3.05 bits per heavy atom. The molecule has 1 N–H and O–H groups in total. The van der Waals surface area contributed by atoms with Gasteiger partial charge in [-0.15, -0.1) is 11.3 Å². The molecule has 22 heavy (non-hydrogen) atoms. The van der Waals surface area contributed by atoms with E-state index < -0.39 is 0 Å². The van der Waals surface area contributed by atoms with Crippen LogP contribution < -0.4 is 14.8 Å². The fourth-order valence-electron chi connectivity index (χ4n) is 1.95. The second-order valence-corrected chi connectivity index (χ2v) is 5.77. The van der Waals surface area contributed by atoms with Crippen LogP contribution in [0.15, 0.2) is 29.8 Å². The van der Waals surface area contributed by atoms with Crippen molar-refractivity contribution >= 4 is 34.1 Å². The molecule has 0 saturated carbocycles. The van der Waals surface area contributed by atoms with E-state index >= 15 is 0 Å². The fraction of sp³-hybridized carbons (Fsp3) is 0.0769. The zero-order valence-electron chi connectivity index (χ0n) is 11.0. The first-order valence-corrected chi connectivity index (χ1v) is 7.85. The summed E-state index contributed by atoms with van der Waals surface area (Å²) in [5.74, 6) is 1.11. The molecule has 0 spiro atoms. The van der Waals surface area contributed by atoms with Crippen LogP contribution in [0.2, 0.25) is 0 Å². The van der Waals surface area contributed by atoms with Crippen LogP contribution in [-0.2, 0) is 0 Å². The third kappa shape index (κ3) is 2.40. The molecule has 3 aromatic rings. The van der Waals surface area contributed by atoms with Gasteiger partial charge in [-0.1, -0.05) is 0 Å². The lowest BCUT2D eigenvalue weighted by Crippen LogP contribution is -2.11. The van der Waals surface area contributed by atoms with Crippen LogP contribution in [0.5, 0.6) is 11.5 Å². The predicted molar refractivity (Wildman–Crippen MR) is 81.5 cm³/mol. The smallest absolute Gasteiger partial charge is 0.278 e. The normalized spacial score (nSPS) is 12.4. The molecular weight excluding hydrogens is 324 g/mol. The minimum Gasteiger partial charge on any atom is -0.454 e. The number of anilines is 1. The molecule has 0 aliphatic carbocycles. The Morgan fingerprint density at radius 2 is 2.18 bits per heavy atom. The molecule has 9 heteroatoms. The number of amides is 1. The van der Waals surface area contributed by atoms with Crippen molar-refractivity contribution in [1.82, 2.24) is 13.7 Å². The maximum atomic E-state index is 11.9. The summed E-state index contributed by atoms with van der Waals surface area (Å²) in [6, 6.07) is 5.61. The van der Waals surface area contributed by atoms with Crippen molar-refractivity contribution < 1.29 is 14.3 Å². The van der Waals surface area contributed by atoms with Gasteiger partial charge in [0.05, 0.1) is 23.6 Å². The summed E-state index contributed by atoms with van der Waals surface area (Å²) in [5, 5.41) is 5.08. The van der Waals surface area contributed by atoms with Crippen LogP contribution in [0.1, 0.15) is 10.5 Å². The Bertz CT molecular complexity index is 832. The highest BCUT2D eigenvalue weighted by Crippen LogP contribution is 2.36. The molecule has 4 rings (SSSR count). The van der Waals surface area contributed by atoms with Gasteiger partial charge in [-0.3, -0.25) is 10.1 Å². The molecule has 1 aliphatic heterocycles. The fourth-order valence-corrected chi connectivity index (χ4v) is 3.07. The predicted octanol–water partition coefficient (Wildman–Crippen LogP) is 2.64. The quantitative estimate of drug-likeness (QED) is 0.793. The van der Waals surface area contributed by atoms with E-state index in [1.807, 2.05) is 23.6 Å². The number of carbonyl (C=O) groups is 1. The van der Waals surface area contributed by atoms with Gasteiger partial charge in [-0.2, -0.15) is 8.75 Å². The minimum absolute atomic E-state index is 0.235. The van der Waals surface area contributed by atoms with Crippen molar-refractivity contribution in [3.8, 4) is 22.8 Å². The van der Waals surface area contributed by atoms with Gasteiger partial charge in [0.2, 0.25) is 6.79 Å². The monoisotopic (exact) mass is 332 g/mol. The first kappa shape index (κ1) is 13.2. The number of aromatic nitrogens is 3. The molecule has 110 valence electrons. The summed E-state index contributed by atoms with van der Waals surface area (Å²) < 4.78 is 18.3. The summed E-state index contributed by atoms with van der Waals surface area (Å²) in [4.78, 5) is 16.3. The highest BCUT2D eigenvalue weighted by atomic mass is 32.1. The van der Waals surface area contributed by atoms with Crippen LogP contribution in [0.25, 0.3) is 11.3 Å². The Labute approximate surface area is 132 Å². The molecular formula is C13H8N4O3S2. The van der Waals surface area contributed by atoms with E-state index in [2.05, 4.69) is 19.0 Å². The number of ether oxygens (including phenoxy) is 2. The third-order valence-corrected chi connectivity index (χ3v) is 4.22. The van der Waals surface area contributed by atoms with E-state index in [0.29, 0.717) is 10.9 Å². The van der Waals surface area contributed by atoms with Gasteiger partial charge in [0.15, 0.2) is 22.3 Å². The van der Waals surface area contributed by atoms with Gasteiger partial charge >= 0.3 is 0 Å². The SMILES string of the molecule is O=C(Nc1nc(-c2ccc3c(c2)OCO3)cs1)c1cnsn1. The second-order valence-electron chi connectivity index (χ2n) is 4.35. The Balaban J connectivity index is 1.55. The van der Waals surface area contributed by atoms with Crippen molar-refractivity contribution in [3.05, 3.63) is 35.5 Å². The Kier molecular flexibility index (Phi) is 3.20. The molecule has 7 nitrogen and oxygen atoms in total. The van der Waals surface area contributed by atoms with E-state index in [9.17, 15) is 4.79 Å². The van der Waals surface area contributed by atoms with E-state index in [0.717, 1.165) is 28.7 Å². The van der Waals surface area contributed by atoms with Gasteiger partial charge in [0.1, 0.15) is 0 Å². The third-order valence-electron chi connectivity index (χ3n) is 2.99. The van der Waals surface area contributed by atoms with Crippen LogP contribution in [0, 0.1) is 0 Å². The van der Waals surface area contributed by atoms with Crippen molar-refractivity contribution in [2.75, 3.05) is 12.1 Å². The van der Waals surface area contributed by atoms with Crippen molar-refractivity contribution in [2.45, 2.75) is 0 Å². The van der Waals surface area contributed by atoms with E-state index in [1.165, 1.54) is 17.5 Å². The van der Waals surface area contributed by atoms with Crippen molar-refractivity contribution in [2.24, 2.45) is 0 Å². The molecule has 3 heterocycles. The molecule has 0 saturated heterocycles. The van der Waals surface area contributed by atoms with Crippen LogP contribution in [-0.4, -0.2) is 26.4 Å². The number of thiazole rings is 1. The van der Waals surface area contributed by atoms with Crippen molar-refractivity contribution in [1.29, 1.82) is 0 Å². The molecule has 1 amide bonds. The molecule has 0 bridgehead atoms. The lowest BCUT2D eigenvalue weighted by atomic mass is 10.1. The maximum absolute atomic E-state index is 11.9. The van der Waals surface area contributed by atoms with E-state index in [-0.39, 0.29) is 18.4 Å². The molecule has 0 fully saturated rings.